The van der Waals surface area contributed by atoms with Crippen molar-refractivity contribution in [2.24, 2.45) is 0 Å². The van der Waals surface area contributed by atoms with Crippen LogP contribution in [0.15, 0.2) is 231 Å². The molecule has 3 heterocycles. The van der Waals surface area contributed by atoms with Crippen LogP contribution in [0.25, 0.3) is 122 Å². The van der Waals surface area contributed by atoms with Crippen LogP contribution in [0, 0.1) is 11.3 Å². The quantitative estimate of drug-likeness (QED) is 0.160. The van der Waals surface area contributed by atoms with E-state index in [2.05, 4.69) is 221 Å². The minimum Gasteiger partial charge on any atom is -0.309 e. The van der Waals surface area contributed by atoms with E-state index in [1.165, 1.54) is 10.8 Å². The molecule has 13 aromatic rings. The van der Waals surface area contributed by atoms with Gasteiger partial charge in [0, 0.05) is 43.6 Å². The summed E-state index contributed by atoms with van der Waals surface area (Å²) in [6.07, 6.45) is 0. The number of aromatic nitrogens is 5. The molecule has 0 radical (unpaired) electrons. The second-order valence-electron chi connectivity index (χ2n) is 17.1. The molecule has 0 fully saturated rings. The number of hydrogen-bond acceptors (Lipinski definition) is 4. The first-order valence-electron chi connectivity index (χ1n) is 22.7. The maximum absolute atomic E-state index is 10.5. The summed E-state index contributed by atoms with van der Waals surface area (Å²) in [6.45, 7) is 0. The first-order chi connectivity index (χ1) is 33.7. The van der Waals surface area contributed by atoms with Gasteiger partial charge in [-0.25, -0.2) is 15.0 Å². The van der Waals surface area contributed by atoms with Gasteiger partial charge in [-0.05, 0) is 70.1 Å². The van der Waals surface area contributed by atoms with Crippen molar-refractivity contribution in [2.75, 3.05) is 0 Å². The van der Waals surface area contributed by atoms with E-state index in [1.54, 1.807) is 0 Å². The van der Waals surface area contributed by atoms with Gasteiger partial charge in [0.25, 0.3) is 0 Å². The molecule has 3 aromatic heterocycles. The molecular weight excluding hydrogens is 829 g/mol. The van der Waals surface area contributed by atoms with Gasteiger partial charge in [-0.15, -0.1) is 0 Å². The smallest absolute Gasteiger partial charge is 0.166 e. The van der Waals surface area contributed by atoms with Crippen molar-refractivity contribution < 1.29 is 0 Å². The van der Waals surface area contributed by atoms with E-state index < -0.39 is 0 Å². The fourth-order valence-electron chi connectivity index (χ4n) is 10.0. The first kappa shape index (κ1) is 39.0. The van der Waals surface area contributed by atoms with E-state index in [0.29, 0.717) is 28.6 Å². The molecule has 0 N–H and O–H groups in total. The van der Waals surface area contributed by atoms with Gasteiger partial charge in [0.15, 0.2) is 17.5 Å². The van der Waals surface area contributed by atoms with Crippen molar-refractivity contribution in [1.82, 2.24) is 24.1 Å². The number of nitrogens with zero attached hydrogens (tertiary/aromatic N) is 6. The monoisotopic (exact) mass is 866 g/mol. The Labute approximate surface area is 391 Å². The van der Waals surface area contributed by atoms with Crippen LogP contribution in [0.2, 0.25) is 0 Å². The molecule has 0 spiro atoms. The van der Waals surface area contributed by atoms with Gasteiger partial charge in [0.1, 0.15) is 0 Å². The van der Waals surface area contributed by atoms with E-state index in [0.717, 1.165) is 88.4 Å². The van der Waals surface area contributed by atoms with E-state index >= 15 is 0 Å². The van der Waals surface area contributed by atoms with Crippen LogP contribution in [0.1, 0.15) is 5.56 Å². The molecule has 0 aliphatic heterocycles. The summed E-state index contributed by atoms with van der Waals surface area (Å²) in [5.41, 5.74) is 13.7. The van der Waals surface area contributed by atoms with Gasteiger partial charge < -0.3 is 9.13 Å². The zero-order valence-electron chi connectivity index (χ0n) is 36.6. The molecule has 6 heteroatoms. The molecule has 10 aromatic carbocycles. The fraction of sp³-hybridized carbons (Fsp3) is 0. The summed E-state index contributed by atoms with van der Waals surface area (Å²) >= 11 is 0. The lowest BCUT2D eigenvalue weighted by molar-refractivity contribution is 1.06. The van der Waals surface area contributed by atoms with Gasteiger partial charge in [0.2, 0.25) is 0 Å². The van der Waals surface area contributed by atoms with E-state index in [-0.39, 0.29) is 0 Å². The molecule has 0 bridgehead atoms. The molecule has 0 aliphatic rings. The highest BCUT2D eigenvalue weighted by Gasteiger charge is 2.24. The molecule has 0 saturated carbocycles. The second-order valence-corrected chi connectivity index (χ2v) is 17.1. The normalized spacial score (nSPS) is 11.5. The Bertz CT molecular complexity index is 4020. The lowest BCUT2D eigenvalue weighted by Gasteiger charge is -2.16. The van der Waals surface area contributed by atoms with Crippen molar-refractivity contribution in [1.29, 1.82) is 5.26 Å². The summed E-state index contributed by atoms with van der Waals surface area (Å²) in [5.74, 6) is 1.54. The fourth-order valence-corrected chi connectivity index (χ4v) is 10.0. The van der Waals surface area contributed by atoms with Crippen LogP contribution < -0.4 is 0 Å². The third-order valence-electron chi connectivity index (χ3n) is 13.2. The highest BCUT2D eigenvalue weighted by molar-refractivity contribution is 6.26. The Kier molecular flexibility index (Phi) is 9.12. The van der Waals surface area contributed by atoms with Crippen LogP contribution in [-0.4, -0.2) is 24.1 Å². The van der Waals surface area contributed by atoms with Crippen molar-refractivity contribution >= 4 is 54.4 Å². The molecule has 0 atom stereocenters. The van der Waals surface area contributed by atoms with Crippen LogP contribution in [0.5, 0.6) is 0 Å². The van der Waals surface area contributed by atoms with Gasteiger partial charge in [0.05, 0.1) is 45.1 Å². The van der Waals surface area contributed by atoms with Gasteiger partial charge in [-0.2, -0.15) is 5.26 Å². The zero-order chi connectivity index (χ0) is 45.1. The van der Waals surface area contributed by atoms with E-state index in [9.17, 15) is 5.26 Å². The summed E-state index contributed by atoms with van der Waals surface area (Å²) in [5, 5.41) is 17.4. The number of hydrogen-bond donors (Lipinski definition) is 0. The van der Waals surface area contributed by atoms with Crippen molar-refractivity contribution in [2.45, 2.75) is 0 Å². The maximum atomic E-state index is 10.5. The molecule has 0 amide bonds. The van der Waals surface area contributed by atoms with Crippen molar-refractivity contribution in [3.63, 3.8) is 0 Å². The summed E-state index contributed by atoms with van der Waals surface area (Å²) in [6, 6.07) is 82.7. The predicted octanol–water partition coefficient (Wildman–Crippen LogP) is 15.4. The topological polar surface area (TPSA) is 72.3 Å². The molecule has 6 nitrogen and oxygen atoms in total. The Balaban J connectivity index is 1.08. The summed E-state index contributed by atoms with van der Waals surface area (Å²) in [4.78, 5) is 15.8. The standard InChI is InChI=1S/C62H38N6/c63-39-40-26-36-56(68-54-23-11-9-21-49(54)50-35-37-57-58(59(50)68)51-22-10-12-24-55(51)67(57)53-25-13-19-45-18-7-8-20-48(45)53)52(38-40)62-65-60(46-31-27-43(28-32-46)41-14-3-1-4-15-41)64-61(66-62)47-33-29-44(30-34-47)42-16-5-2-6-17-42/h1-38H. The van der Waals surface area contributed by atoms with E-state index in [4.69, 9.17) is 15.0 Å². The second kappa shape index (κ2) is 15.9. The lowest BCUT2D eigenvalue weighted by atomic mass is 10.0. The molecule has 0 unspecified atom stereocenters. The summed E-state index contributed by atoms with van der Waals surface area (Å²) in [7, 11) is 0. The largest absolute Gasteiger partial charge is 0.309 e. The maximum Gasteiger partial charge on any atom is 0.166 e. The van der Waals surface area contributed by atoms with Crippen LogP contribution in [0.4, 0.5) is 0 Å². The van der Waals surface area contributed by atoms with Gasteiger partial charge in [-0.1, -0.05) is 188 Å². The Hall–Kier alpha value is -9.44. The molecule has 13 rings (SSSR count). The Morgan fingerprint density at radius 3 is 1.50 bits per heavy atom. The zero-order valence-corrected chi connectivity index (χ0v) is 36.6. The van der Waals surface area contributed by atoms with Crippen LogP contribution in [0.3, 0.4) is 0 Å². The predicted molar refractivity (Wildman–Crippen MR) is 278 cm³/mol. The number of rotatable bonds is 7. The average molecular weight is 867 g/mol. The lowest BCUT2D eigenvalue weighted by Crippen LogP contribution is -2.04. The van der Waals surface area contributed by atoms with Crippen LogP contribution >= 0.6 is 0 Å². The summed E-state index contributed by atoms with van der Waals surface area (Å²) < 4.78 is 4.76. The van der Waals surface area contributed by atoms with E-state index in [1.807, 2.05) is 24.3 Å². The third-order valence-corrected chi connectivity index (χ3v) is 13.2. The number of para-hydroxylation sites is 2. The highest BCUT2D eigenvalue weighted by atomic mass is 15.1. The molecule has 316 valence electrons. The third kappa shape index (κ3) is 6.37. The van der Waals surface area contributed by atoms with Crippen molar-refractivity contribution in [3.05, 3.63) is 236 Å². The molecular formula is C62H38N6. The molecule has 0 aliphatic carbocycles. The van der Waals surface area contributed by atoms with Gasteiger partial charge >= 0.3 is 0 Å². The van der Waals surface area contributed by atoms with Gasteiger partial charge in [-0.3, -0.25) is 0 Å². The SMILES string of the molecule is N#Cc1ccc(-n2c3ccccc3c3ccc4c(c5ccccc5n4-c4cccc5ccccc45)c32)c(-c2nc(-c3ccc(-c4ccccc4)cc3)nc(-c3ccc(-c4ccccc4)cc3)n2)c1. The average Bonchev–Trinajstić information content (AvgIpc) is 3.94. The van der Waals surface area contributed by atoms with Crippen LogP contribution in [-0.2, 0) is 0 Å². The number of benzene rings is 10. The first-order valence-corrected chi connectivity index (χ1v) is 22.7. The number of nitriles is 1. The molecule has 0 saturated heterocycles. The molecule has 68 heavy (non-hydrogen) atoms. The van der Waals surface area contributed by atoms with Crippen molar-refractivity contribution in [3.8, 4) is 73.9 Å². The minimum atomic E-state index is 0.465. The highest BCUT2D eigenvalue weighted by Crippen LogP contribution is 2.44. The Morgan fingerprint density at radius 2 is 0.853 bits per heavy atom. The number of fused-ring (bicyclic) bond motifs is 8. The minimum absolute atomic E-state index is 0.465. The Morgan fingerprint density at radius 1 is 0.338 bits per heavy atom.